The van der Waals surface area contributed by atoms with E-state index < -0.39 is 12.1 Å². The Labute approximate surface area is 155 Å². The third kappa shape index (κ3) is 4.08. The Morgan fingerprint density at radius 2 is 2.04 bits per heavy atom. The molecule has 0 aliphatic rings. The third-order valence-corrected chi connectivity index (χ3v) is 4.08. The number of aliphatic carboxylic acids is 1. The van der Waals surface area contributed by atoms with E-state index in [9.17, 15) is 4.79 Å². The lowest BCUT2D eigenvalue weighted by molar-refractivity contribution is -0.144. The largest absolute Gasteiger partial charge is 0.479 e. The Morgan fingerprint density at radius 3 is 2.60 bits per heavy atom. The van der Waals surface area contributed by atoms with Crippen LogP contribution in [0.25, 0.3) is 6.08 Å². The van der Waals surface area contributed by atoms with Crippen molar-refractivity contribution in [2.75, 3.05) is 0 Å². The number of aryl methyl sites for hydroxylation is 2. The summed E-state index contributed by atoms with van der Waals surface area (Å²) >= 11 is 12.3. The molecule has 1 N–H and O–H groups in total. The predicted octanol–water partition coefficient (Wildman–Crippen LogP) is 4.58. The molecule has 0 aliphatic carbocycles. The van der Waals surface area contributed by atoms with Gasteiger partial charge in [0.25, 0.3) is 0 Å². The number of carboxylic acids is 1. The SMILES string of the molecule is C=Cc1c(CC)nn(C)c1Oc1cc(O[C@@H](C)C(=O)O)c(Cl)cc1Cl. The van der Waals surface area contributed by atoms with Gasteiger partial charge in [0.2, 0.25) is 5.88 Å². The highest BCUT2D eigenvalue weighted by Gasteiger charge is 2.20. The first-order valence-electron chi connectivity index (χ1n) is 7.53. The van der Waals surface area contributed by atoms with Crippen LogP contribution in [0.2, 0.25) is 10.0 Å². The number of ether oxygens (including phenoxy) is 2. The molecule has 134 valence electrons. The molecule has 0 spiro atoms. The number of halogens is 2. The van der Waals surface area contributed by atoms with Crippen LogP contribution in [0, 0.1) is 0 Å². The van der Waals surface area contributed by atoms with Crippen molar-refractivity contribution in [3.63, 3.8) is 0 Å². The van der Waals surface area contributed by atoms with Gasteiger partial charge < -0.3 is 14.6 Å². The molecule has 8 heteroatoms. The van der Waals surface area contributed by atoms with Crippen molar-refractivity contribution in [3.05, 3.63) is 40.0 Å². The summed E-state index contributed by atoms with van der Waals surface area (Å²) in [6.45, 7) is 7.17. The van der Waals surface area contributed by atoms with Crippen molar-refractivity contribution >= 4 is 35.2 Å². The second-order valence-electron chi connectivity index (χ2n) is 5.26. The molecule has 2 aromatic rings. The summed E-state index contributed by atoms with van der Waals surface area (Å²) < 4.78 is 12.8. The predicted molar refractivity (Wildman–Crippen MR) is 96.9 cm³/mol. The zero-order valence-corrected chi connectivity index (χ0v) is 15.6. The van der Waals surface area contributed by atoms with Crippen LogP contribution in [0.4, 0.5) is 0 Å². The molecule has 0 fully saturated rings. The summed E-state index contributed by atoms with van der Waals surface area (Å²) in [5, 5.41) is 13.8. The van der Waals surface area contributed by atoms with E-state index in [2.05, 4.69) is 11.7 Å². The minimum absolute atomic E-state index is 0.161. The second kappa shape index (κ2) is 7.80. The maximum absolute atomic E-state index is 11.0. The van der Waals surface area contributed by atoms with Gasteiger partial charge in [-0.25, -0.2) is 9.48 Å². The molecule has 0 amide bonds. The van der Waals surface area contributed by atoms with Crippen LogP contribution < -0.4 is 9.47 Å². The van der Waals surface area contributed by atoms with Gasteiger partial charge in [-0.15, -0.1) is 0 Å². The number of hydrogen-bond acceptors (Lipinski definition) is 4. The molecular formula is C17H18Cl2N2O4. The molecule has 0 aliphatic heterocycles. The minimum atomic E-state index is -1.11. The van der Waals surface area contributed by atoms with Crippen molar-refractivity contribution in [3.8, 4) is 17.4 Å². The topological polar surface area (TPSA) is 73.6 Å². The summed E-state index contributed by atoms with van der Waals surface area (Å²) in [5.41, 5.74) is 1.60. The molecule has 0 unspecified atom stereocenters. The summed E-state index contributed by atoms with van der Waals surface area (Å²) in [4.78, 5) is 11.0. The monoisotopic (exact) mass is 384 g/mol. The number of nitrogens with zero attached hydrogens (tertiary/aromatic N) is 2. The first-order valence-corrected chi connectivity index (χ1v) is 8.28. The lowest BCUT2D eigenvalue weighted by Crippen LogP contribution is -2.23. The molecule has 6 nitrogen and oxygen atoms in total. The quantitative estimate of drug-likeness (QED) is 0.756. The molecule has 25 heavy (non-hydrogen) atoms. The van der Waals surface area contributed by atoms with E-state index in [0.29, 0.717) is 5.88 Å². The number of carbonyl (C=O) groups is 1. The molecule has 0 saturated heterocycles. The van der Waals surface area contributed by atoms with Crippen LogP contribution in [0.1, 0.15) is 25.1 Å². The highest BCUT2D eigenvalue weighted by molar-refractivity contribution is 6.36. The maximum atomic E-state index is 11.0. The van der Waals surface area contributed by atoms with Crippen LogP contribution in [0.5, 0.6) is 17.4 Å². The number of aromatic nitrogens is 2. The summed E-state index contributed by atoms with van der Waals surface area (Å²) in [6, 6.07) is 2.89. The Hall–Kier alpha value is -2.18. The molecule has 0 bridgehead atoms. The van der Waals surface area contributed by atoms with Crippen LogP contribution in [-0.4, -0.2) is 27.0 Å². The van der Waals surface area contributed by atoms with E-state index in [-0.39, 0.29) is 21.5 Å². The normalized spacial score (nSPS) is 11.9. The van der Waals surface area contributed by atoms with E-state index >= 15 is 0 Å². The molecule has 1 atom stereocenters. The van der Waals surface area contributed by atoms with Crippen LogP contribution >= 0.6 is 23.2 Å². The van der Waals surface area contributed by atoms with Crippen molar-refractivity contribution in [2.24, 2.45) is 7.05 Å². The summed E-state index contributed by atoms with van der Waals surface area (Å²) in [5.74, 6) is -0.212. The van der Waals surface area contributed by atoms with E-state index in [1.54, 1.807) is 17.8 Å². The average molecular weight is 385 g/mol. The summed E-state index contributed by atoms with van der Waals surface area (Å²) in [7, 11) is 1.75. The van der Waals surface area contributed by atoms with Gasteiger partial charge in [0.1, 0.15) is 5.75 Å². The van der Waals surface area contributed by atoms with Gasteiger partial charge >= 0.3 is 5.97 Å². The molecule has 2 rings (SSSR count). The number of rotatable bonds is 7. The maximum Gasteiger partial charge on any atom is 0.344 e. The first kappa shape index (κ1) is 19.1. The van der Waals surface area contributed by atoms with Gasteiger partial charge in [-0.2, -0.15) is 5.10 Å². The smallest absolute Gasteiger partial charge is 0.344 e. The molecule has 0 saturated carbocycles. The zero-order chi connectivity index (χ0) is 18.7. The number of carboxylic acid groups (broad SMARTS) is 1. The van der Waals surface area contributed by atoms with Crippen LogP contribution in [0.15, 0.2) is 18.7 Å². The first-order chi connectivity index (χ1) is 11.8. The summed E-state index contributed by atoms with van der Waals surface area (Å²) in [6.07, 6.45) is 1.31. The average Bonchev–Trinajstić information content (AvgIpc) is 2.86. The second-order valence-corrected chi connectivity index (χ2v) is 6.07. The third-order valence-electron chi connectivity index (χ3n) is 3.49. The molecule has 0 radical (unpaired) electrons. The number of hydrogen-bond donors (Lipinski definition) is 1. The van der Waals surface area contributed by atoms with E-state index in [1.807, 2.05) is 6.92 Å². The van der Waals surface area contributed by atoms with Crippen molar-refractivity contribution < 1.29 is 19.4 Å². The molecule has 1 aromatic heterocycles. The van der Waals surface area contributed by atoms with E-state index in [0.717, 1.165) is 17.7 Å². The van der Waals surface area contributed by atoms with E-state index in [1.165, 1.54) is 19.1 Å². The minimum Gasteiger partial charge on any atom is -0.479 e. The Bertz CT molecular complexity index is 817. The van der Waals surface area contributed by atoms with E-state index in [4.69, 9.17) is 37.8 Å². The van der Waals surface area contributed by atoms with Gasteiger partial charge in [-0.1, -0.05) is 42.8 Å². The van der Waals surface area contributed by atoms with Crippen molar-refractivity contribution in [1.82, 2.24) is 9.78 Å². The van der Waals surface area contributed by atoms with Gasteiger partial charge in [-0.3, -0.25) is 0 Å². The lowest BCUT2D eigenvalue weighted by atomic mass is 10.2. The fraction of sp³-hybridized carbons (Fsp3) is 0.294. The standard InChI is InChI=1S/C17H18Cl2N2O4/c1-5-10-13(6-2)20-21(4)16(10)25-15-8-14(11(18)7-12(15)19)24-9(3)17(22)23/h5,7-9H,1,6H2,2-4H3,(H,22,23)/t9-/m0/s1. The van der Waals surface area contributed by atoms with Crippen LogP contribution in [0.3, 0.4) is 0 Å². The van der Waals surface area contributed by atoms with Gasteiger partial charge in [0.05, 0.1) is 21.3 Å². The fourth-order valence-corrected chi connectivity index (χ4v) is 2.66. The fourth-order valence-electron chi connectivity index (χ4n) is 2.19. The number of benzene rings is 1. The molecule has 1 aromatic carbocycles. The van der Waals surface area contributed by atoms with Crippen LogP contribution in [-0.2, 0) is 18.3 Å². The van der Waals surface area contributed by atoms with Gasteiger partial charge in [0, 0.05) is 13.1 Å². The lowest BCUT2D eigenvalue weighted by Gasteiger charge is -2.15. The van der Waals surface area contributed by atoms with Gasteiger partial charge in [-0.05, 0) is 19.4 Å². The van der Waals surface area contributed by atoms with Crippen molar-refractivity contribution in [2.45, 2.75) is 26.4 Å². The molecular weight excluding hydrogens is 367 g/mol. The Balaban J connectivity index is 2.42. The zero-order valence-electron chi connectivity index (χ0n) is 14.0. The Kier molecular flexibility index (Phi) is 5.98. The highest BCUT2D eigenvalue weighted by Crippen LogP contribution is 2.39. The highest BCUT2D eigenvalue weighted by atomic mass is 35.5. The van der Waals surface area contributed by atoms with Gasteiger partial charge in [0.15, 0.2) is 11.9 Å². The Morgan fingerprint density at radius 1 is 1.40 bits per heavy atom. The van der Waals surface area contributed by atoms with Crippen molar-refractivity contribution in [1.29, 1.82) is 0 Å². The molecule has 1 heterocycles.